The summed E-state index contributed by atoms with van der Waals surface area (Å²) in [6.45, 7) is 5.06. The lowest BCUT2D eigenvalue weighted by Gasteiger charge is -2.41. The van der Waals surface area contributed by atoms with Gasteiger partial charge in [0.15, 0.2) is 5.60 Å². The van der Waals surface area contributed by atoms with Gasteiger partial charge in [0.2, 0.25) is 17.7 Å². The molecule has 14 nitrogen and oxygen atoms in total. The maximum Gasteiger partial charge on any atom is 0.265 e. The lowest BCUT2D eigenvalue weighted by atomic mass is 9.89. The molecule has 0 saturated carbocycles. The Kier molecular flexibility index (Phi) is 11.7. The summed E-state index contributed by atoms with van der Waals surface area (Å²) in [6.07, 6.45) is 0.310. The predicted octanol–water partition coefficient (Wildman–Crippen LogP) is 1.03. The number of aliphatic hydroxyl groups excluding tert-OH is 1. The van der Waals surface area contributed by atoms with Gasteiger partial charge in [0.25, 0.3) is 11.8 Å². The van der Waals surface area contributed by atoms with E-state index in [0.29, 0.717) is 22.1 Å². The van der Waals surface area contributed by atoms with E-state index in [1.807, 2.05) is 13.0 Å². The molecule has 5 amide bonds. The molecule has 5 N–H and O–H groups in total. The number of amides is 5. The number of hydrogen-bond donors (Lipinski definition) is 5. The highest BCUT2D eigenvalue weighted by atomic mass is 32.1. The number of aliphatic hydroxyl groups is 1. The molecule has 0 radical (unpaired) electrons. The second-order valence-electron chi connectivity index (χ2n) is 12.3. The molecule has 1 saturated heterocycles. The average molecular weight is 707 g/mol. The van der Waals surface area contributed by atoms with Crippen molar-refractivity contribution in [2.75, 3.05) is 32.8 Å². The molecule has 1 aromatic heterocycles. The van der Waals surface area contributed by atoms with Crippen molar-refractivity contribution in [1.29, 1.82) is 0 Å². The first-order valence-electron chi connectivity index (χ1n) is 16.5. The largest absolute Gasteiger partial charge is 0.492 e. The second-order valence-corrected chi connectivity index (χ2v) is 13.5. The zero-order valence-electron chi connectivity index (χ0n) is 28.2. The van der Waals surface area contributed by atoms with Crippen LogP contribution in [0.25, 0.3) is 0 Å². The van der Waals surface area contributed by atoms with E-state index in [2.05, 4.69) is 26.3 Å². The van der Waals surface area contributed by atoms with Crippen LogP contribution in [0.1, 0.15) is 45.7 Å². The average Bonchev–Trinajstić information content (AvgIpc) is 3.46. The monoisotopic (exact) mass is 706 g/mol. The van der Waals surface area contributed by atoms with Crippen molar-refractivity contribution < 1.29 is 38.6 Å². The van der Waals surface area contributed by atoms with Crippen molar-refractivity contribution in [2.24, 2.45) is 0 Å². The van der Waals surface area contributed by atoms with E-state index in [0.717, 1.165) is 10.6 Å². The van der Waals surface area contributed by atoms with Crippen LogP contribution in [0.15, 0.2) is 54.6 Å². The number of rotatable bonds is 4. The molecule has 50 heavy (non-hydrogen) atoms. The Hall–Kier alpha value is -5.02. The Morgan fingerprint density at radius 3 is 2.22 bits per heavy atom. The maximum absolute atomic E-state index is 14.4. The van der Waals surface area contributed by atoms with Gasteiger partial charge in [-0.15, -0.1) is 11.3 Å². The van der Waals surface area contributed by atoms with E-state index in [1.54, 1.807) is 60.4 Å². The standard InChI is InChI=1S/C35H42N6O8S/c1-21-29(50-23(3)37-21)33(46)41-16-13-35(14-17-41)34(47)40-27(19-24-7-5-4-6-8-24)31(44)39-28(20-42)32(45)38-22(2)30(43)36-15-18-48-25-9-11-26(49-35)12-10-25/h4-12,22,27-28,42H,13-20H2,1-3H3,(H,36,43)(H,38,45)(H,39,44)(H,40,47)/t22-,27+,28-/m0/s1. The van der Waals surface area contributed by atoms with Crippen molar-refractivity contribution in [1.82, 2.24) is 31.2 Å². The molecule has 0 aliphatic carbocycles. The predicted molar refractivity (Wildman–Crippen MR) is 184 cm³/mol. The normalized spacial score (nSPS) is 22.0. The van der Waals surface area contributed by atoms with Crippen LogP contribution in [0.4, 0.5) is 0 Å². The molecule has 3 aromatic rings. The third kappa shape index (κ3) is 8.76. The first-order valence-corrected chi connectivity index (χ1v) is 17.3. The van der Waals surface area contributed by atoms with Crippen LogP contribution in [0.3, 0.4) is 0 Å². The van der Waals surface area contributed by atoms with E-state index in [4.69, 9.17) is 9.47 Å². The molecular formula is C35H42N6O8S. The molecule has 3 aliphatic heterocycles. The summed E-state index contributed by atoms with van der Waals surface area (Å²) in [4.78, 5) is 73.9. The molecule has 4 heterocycles. The van der Waals surface area contributed by atoms with Crippen LogP contribution in [0.2, 0.25) is 0 Å². The number of likely N-dealkylation sites (tertiary alicyclic amines) is 1. The number of hydrogen-bond acceptors (Lipinski definition) is 10. The fourth-order valence-electron chi connectivity index (χ4n) is 5.84. The topological polar surface area (TPSA) is 188 Å². The van der Waals surface area contributed by atoms with Crippen molar-refractivity contribution in [2.45, 2.75) is 63.8 Å². The molecule has 3 aliphatic rings. The molecule has 6 rings (SSSR count). The summed E-state index contributed by atoms with van der Waals surface area (Å²) < 4.78 is 12.2. The van der Waals surface area contributed by atoms with Gasteiger partial charge in [0, 0.05) is 32.4 Å². The number of ether oxygens (including phenoxy) is 2. The van der Waals surface area contributed by atoms with Crippen LogP contribution in [0.5, 0.6) is 11.5 Å². The molecule has 0 unspecified atom stereocenters. The summed E-state index contributed by atoms with van der Waals surface area (Å²) in [5.41, 5.74) is -0.0848. The number of carbonyl (C=O) groups excluding carboxylic acids is 5. The van der Waals surface area contributed by atoms with E-state index in [-0.39, 0.29) is 51.4 Å². The van der Waals surface area contributed by atoms with Crippen LogP contribution in [-0.4, -0.2) is 101 Å². The van der Waals surface area contributed by atoms with Gasteiger partial charge in [-0.3, -0.25) is 24.0 Å². The fourth-order valence-corrected chi connectivity index (χ4v) is 6.73. The van der Waals surface area contributed by atoms with Crippen LogP contribution < -0.4 is 30.7 Å². The fraction of sp³-hybridized carbons (Fsp3) is 0.429. The van der Waals surface area contributed by atoms with E-state index < -0.39 is 54.0 Å². The molecular weight excluding hydrogens is 664 g/mol. The van der Waals surface area contributed by atoms with Gasteiger partial charge in [-0.2, -0.15) is 0 Å². The van der Waals surface area contributed by atoms with E-state index in [1.165, 1.54) is 18.3 Å². The summed E-state index contributed by atoms with van der Waals surface area (Å²) in [5.74, 6) is -1.84. The third-order valence-corrected chi connectivity index (χ3v) is 9.71. The van der Waals surface area contributed by atoms with Crippen molar-refractivity contribution in [3.63, 3.8) is 0 Å². The number of nitrogens with one attached hydrogen (secondary N) is 4. The smallest absolute Gasteiger partial charge is 0.265 e. The van der Waals surface area contributed by atoms with E-state index >= 15 is 0 Å². The number of benzene rings is 2. The number of thiazole rings is 1. The van der Waals surface area contributed by atoms with Crippen LogP contribution in [-0.2, 0) is 25.6 Å². The number of aryl methyl sites for hydroxylation is 2. The van der Waals surface area contributed by atoms with Gasteiger partial charge >= 0.3 is 0 Å². The minimum atomic E-state index is -1.47. The first-order chi connectivity index (χ1) is 24.0. The minimum absolute atomic E-state index is 0.0632. The number of piperidine rings is 1. The van der Waals surface area contributed by atoms with Crippen LogP contribution >= 0.6 is 11.3 Å². The molecule has 15 heteroatoms. The van der Waals surface area contributed by atoms with Gasteiger partial charge in [-0.1, -0.05) is 30.3 Å². The van der Waals surface area contributed by atoms with Gasteiger partial charge in [-0.05, 0) is 50.6 Å². The first kappa shape index (κ1) is 36.3. The summed E-state index contributed by atoms with van der Waals surface area (Å²) in [6, 6.07) is 12.2. The Labute approximate surface area is 293 Å². The Bertz CT molecular complexity index is 1690. The van der Waals surface area contributed by atoms with Crippen molar-refractivity contribution in [3.05, 3.63) is 75.7 Å². The maximum atomic E-state index is 14.4. The quantitative estimate of drug-likeness (QED) is 0.247. The van der Waals surface area contributed by atoms with Gasteiger partial charge < -0.3 is 40.7 Å². The van der Waals surface area contributed by atoms with E-state index in [9.17, 15) is 29.1 Å². The zero-order chi connectivity index (χ0) is 35.8. The highest BCUT2D eigenvalue weighted by Gasteiger charge is 2.46. The molecule has 2 bridgehead atoms. The zero-order valence-corrected chi connectivity index (χ0v) is 29.0. The summed E-state index contributed by atoms with van der Waals surface area (Å²) >= 11 is 1.32. The van der Waals surface area contributed by atoms with Crippen LogP contribution in [0, 0.1) is 13.8 Å². The highest BCUT2D eigenvalue weighted by Crippen LogP contribution is 2.32. The molecule has 1 spiro atoms. The lowest BCUT2D eigenvalue weighted by molar-refractivity contribution is -0.144. The molecule has 266 valence electrons. The SMILES string of the molecule is Cc1nc(C)c(C(=O)N2CCC3(CC2)Oc2ccc(cc2)OCCNC(=O)[C@H](C)NC(=O)[C@H](CO)NC(=O)[C@@H](Cc2ccccc2)NC3=O)s1. The van der Waals surface area contributed by atoms with Gasteiger partial charge in [-0.25, -0.2) is 4.98 Å². The third-order valence-electron chi connectivity index (χ3n) is 8.65. The summed E-state index contributed by atoms with van der Waals surface area (Å²) in [7, 11) is 0. The van der Waals surface area contributed by atoms with Crippen molar-refractivity contribution in [3.8, 4) is 11.5 Å². The lowest BCUT2D eigenvalue weighted by Crippen LogP contribution is -2.62. The number of carbonyl (C=O) groups is 5. The second kappa shape index (κ2) is 16.1. The van der Waals surface area contributed by atoms with Gasteiger partial charge in [0.1, 0.15) is 41.1 Å². The minimum Gasteiger partial charge on any atom is -0.492 e. The summed E-state index contributed by atoms with van der Waals surface area (Å²) in [5, 5.41) is 21.4. The molecule has 3 atom stereocenters. The van der Waals surface area contributed by atoms with Gasteiger partial charge in [0.05, 0.1) is 23.9 Å². The highest BCUT2D eigenvalue weighted by molar-refractivity contribution is 7.13. The molecule has 2 aromatic carbocycles. The van der Waals surface area contributed by atoms with Crippen molar-refractivity contribution >= 4 is 40.9 Å². The Balaban J connectivity index is 1.45. The molecule has 1 fully saturated rings. The Morgan fingerprint density at radius 1 is 0.920 bits per heavy atom. The number of fused-ring (bicyclic) bond motifs is 15. The number of aromatic nitrogens is 1. The number of nitrogens with zero attached hydrogens (tertiary/aromatic N) is 2. The Morgan fingerprint density at radius 2 is 1.58 bits per heavy atom.